The molecular formula is C19H26N4O. The van der Waals surface area contributed by atoms with E-state index in [1.807, 2.05) is 29.1 Å². The van der Waals surface area contributed by atoms with E-state index < -0.39 is 0 Å². The Kier molecular flexibility index (Phi) is 5.88. The highest BCUT2D eigenvalue weighted by molar-refractivity contribution is 5.74. The Morgan fingerprint density at radius 2 is 1.88 bits per heavy atom. The number of nitrogens with one attached hydrogen (secondary N) is 2. The van der Waals surface area contributed by atoms with Crippen molar-refractivity contribution in [1.29, 1.82) is 0 Å². The van der Waals surface area contributed by atoms with Crippen molar-refractivity contribution in [2.45, 2.75) is 51.0 Å². The fourth-order valence-electron chi connectivity index (χ4n) is 3.22. The van der Waals surface area contributed by atoms with Crippen LogP contribution in [0.4, 0.5) is 4.79 Å². The number of hydrogen-bond acceptors (Lipinski definition) is 2. The van der Waals surface area contributed by atoms with Crippen LogP contribution < -0.4 is 10.6 Å². The van der Waals surface area contributed by atoms with E-state index in [9.17, 15) is 4.79 Å². The summed E-state index contributed by atoms with van der Waals surface area (Å²) < 4.78 is 1.84. The topological polar surface area (TPSA) is 59.0 Å². The number of urea groups is 1. The van der Waals surface area contributed by atoms with E-state index in [1.165, 1.54) is 31.2 Å². The van der Waals surface area contributed by atoms with Crippen LogP contribution in [-0.4, -0.2) is 28.4 Å². The van der Waals surface area contributed by atoms with Gasteiger partial charge in [-0.15, -0.1) is 0 Å². The minimum absolute atomic E-state index is 0.0324. The first-order chi connectivity index (χ1) is 11.8. The molecule has 24 heavy (non-hydrogen) atoms. The van der Waals surface area contributed by atoms with Crippen molar-refractivity contribution >= 4 is 6.03 Å². The summed E-state index contributed by atoms with van der Waals surface area (Å²) in [6, 6.07) is 10.5. The van der Waals surface area contributed by atoms with E-state index in [0.717, 1.165) is 24.9 Å². The van der Waals surface area contributed by atoms with Gasteiger partial charge in [0.1, 0.15) is 0 Å². The summed E-state index contributed by atoms with van der Waals surface area (Å²) in [4.78, 5) is 12.0. The van der Waals surface area contributed by atoms with Gasteiger partial charge in [-0.1, -0.05) is 37.8 Å². The fraction of sp³-hybridized carbons (Fsp3) is 0.474. The van der Waals surface area contributed by atoms with Crippen LogP contribution in [0.5, 0.6) is 0 Å². The van der Waals surface area contributed by atoms with Gasteiger partial charge >= 0.3 is 6.03 Å². The molecule has 128 valence electrons. The van der Waals surface area contributed by atoms with Crippen LogP contribution >= 0.6 is 0 Å². The maximum absolute atomic E-state index is 12.0. The first-order valence-electron chi connectivity index (χ1n) is 8.94. The third-order valence-electron chi connectivity index (χ3n) is 4.59. The number of hydrogen-bond donors (Lipinski definition) is 2. The predicted octanol–water partition coefficient (Wildman–Crippen LogP) is 3.44. The highest BCUT2D eigenvalue weighted by Crippen LogP contribution is 2.17. The van der Waals surface area contributed by atoms with E-state index in [-0.39, 0.29) is 6.03 Å². The Morgan fingerprint density at radius 3 is 2.54 bits per heavy atom. The van der Waals surface area contributed by atoms with Crippen LogP contribution in [0.15, 0.2) is 42.7 Å². The summed E-state index contributed by atoms with van der Waals surface area (Å²) in [7, 11) is 0. The summed E-state index contributed by atoms with van der Waals surface area (Å²) in [6.07, 6.45) is 11.8. The van der Waals surface area contributed by atoms with Crippen molar-refractivity contribution in [3.63, 3.8) is 0 Å². The second-order valence-corrected chi connectivity index (χ2v) is 6.46. The summed E-state index contributed by atoms with van der Waals surface area (Å²) in [6.45, 7) is 0.652. The third kappa shape index (κ3) is 4.85. The number of rotatable bonds is 5. The summed E-state index contributed by atoms with van der Waals surface area (Å²) in [5.41, 5.74) is 2.25. The zero-order chi connectivity index (χ0) is 16.6. The van der Waals surface area contributed by atoms with Crippen LogP contribution in [0.2, 0.25) is 0 Å². The van der Waals surface area contributed by atoms with Crippen molar-refractivity contribution in [2.24, 2.45) is 0 Å². The van der Waals surface area contributed by atoms with Crippen LogP contribution in [0.1, 0.15) is 44.1 Å². The summed E-state index contributed by atoms with van der Waals surface area (Å²) >= 11 is 0. The van der Waals surface area contributed by atoms with Gasteiger partial charge in [-0.3, -0.25) is 0 Å². The highest BCUT2D eigenvalue weighted by Gasteiger charge is 2.14. The quantitative estimate of drug-likeness (QED) is 0.827. The summed E-state index contributed by atoms with van der Waals surface area (Å²) in [5, 5.41) is 10.3. The van der Waals surface area contributed by atoms with Crippen molar-refractivity contribution < 1.29 is 4.79 Å². The Labute approximate surface area is 143 Å². The molecule has 1 aromatic heterocycles. The number of amides is 2. The average Bonchev–Trinajstić information content (AvgIpc) is 3.01. The Balaban J connectivity index is 1.40. The lowest BCUT2D eigenvalue weighted by molar-refractivity contribution is 0.235. The number of carbonyl (C=O) groups is 1. The third-order valence-corrected chi connectivity index (χ3v) is 4.59. The molecule has 1 aliphatic rings. The number of aromatic nitrogens is 2. The molecule has 1 aliphatic carbocycles. The number of nitrogens with zero attached hydrogens (tertiary/aromatic N) is 2. The first-order valence-corrected chi connectivity index (χ1v) is 8.94. The van der Waals surface area contributed by atoms with Gasteiger partial charge in [-0.05, 0) is 43.0 Å². The van der Waals surface area contributed by atoms with Crippen LogP contribution in [0.25, 0.3) is 5.69 Å². The molecule has 3 rings (SSSR count). The molecular weight excluding hydrogens is 300 g/mol. The Morgan fingerprint density at radius 1 is 1.12 bits per heavy atom. The molecule has 0 unspecified atom stereocenters. The molecule has 5 nitrogen and oxygen atoms in total. The first kappa shape index (κ1) is 16.6. The van der Waals surface area contributed by atoms with Crippen LogP contribution in [0.3, 0.4) is 0 Å². The molecule has 5 heteroatoms. The zero-order valence-electron chi connectivity index (χ0n) is 14.1. The van der Waals surface area contributed by atoms with Crippen LogP contribution in [-0.2, 0) is 6.42 Å². The van der Waals surface area contributed by atoms with Crippen LogP contribution in [0, 0.1) is 0 Å². The molecule has 0 aliphatic heterocycles. The van der Waals surface area contributed by atoms with E-state index in [0.29, 0.717) is 12.6 Å². The largest absolute Gasteiger partial charge is 0.338 e. The normalized spacial score (nSPS) is 15.7. The van der Waals surface area contributed by atoms with Gasteiger partial charge in [0.25, 0.3) is 0 Å². The lowest BCUT2D eigenvalue weighted by Gasteiger charge is -2.16. The maximum atomic E-state index is 12.0. The van der Waals surface area contributed by atoms with Crippen molar-refractivity contribution in [2.75, 3.05) is 6.54 Å². The van der Waals surface area contributed by atoms with Gasteiger partial charge in [-0.25, -0.2) is 9.48 Å². The van der Waals surface area contributed by atoms with Gasteiger partial charge in [0, 0.05) is 25.0 Å². The molecule has 0 saturated heterocycles. The van der Waals surface area contributed by atoms with Gasteiger partial charge in [-0.2, -0.15) is 5.10 Å². The molecule has 2 N–H and O–H groups in total. The van der Waals surface area contributed by atoms with Crippen molar-refractivity contribution in [1.82, 2.24) is 20.4 Å². The van der Waals surface area contributed by atoms with Gasteiger partial charge in [0.15, 0.2) is 0 Å². The van der Waals surface area contributed by atoms with Gasteiger partial charge < -0.3 is 10.6 Å². The highest BCUT2D eigenvalue weighted by atomic mass is 16.2. The second-order valence-electron chi connectivity index (χ2n) is 6.46. The molecule has 1 aromatic carbocycles. The van der Waals surface area contributed by atoms with Crippen molar-refractivity contribution in [3.05, 3.63) is 48.3 Å². The molecule has 1 fully saturated rings. The average molecular weight is 326 g/mol. The second kappa shape index (κ2) is 8.52. The number of benzene rings is 1. The maximum Gasteiger partial charge on any atom is 0.315 e. The van der Waals surface area contributed by atoms with E-state index in [2.05, 4.69) is 27.9 Å². The Bertz CT molecular complexity index is 613. The molecule has 0 bridgehead atoms. The van der Waals surface area contributed by atoms with E-state index in [1.54, 1.807) is 6.20 Å². The smallest absolute Gasteiger partial charge is 0.315 e. The molecule has 0 atom stereocenters. The zero-order valence-corrected chi connectivity index (χ0v) is 14.1. The monoisotopic (exact) mass is 326 g/mol. The van der Waals surface area contributed by atoms with Crippen molar-refractivity contribution in [3.8, 4) is 5.69 Å². The standard InChI is InChI=1S/C19H26N4O/c24-19(22-17-6-3-1-2-4-7-17)20-14-12-16-8-10-18(11-9-16)23-15-5-13-21-23/h5,8-11,13,15,17H,1-4,6-7,12,14H2,(H2,20,22,24). The molecule has 1 saturated carbocycles. The summed E-state index contributed by atoms with van der Waals surface area (Å²) in [5.74, 6) is 0. The molecule has 0 radical (unpaired) electrons. The molecule has 1 heterocycles. The van der Waals surface area contributed by atoms with E-state index in [4.69, 9.17) is 0 Å². The predicted molar refractivity (Wildman–Crippen MR) is 95.3 cm³/mol. The van der Waals surface area contributed by atoms with E-state index >= 15 is 0 Å². The van der Waals surface area contributed by atoms with Gasteiger partial charge in [0.05, 0.1) is 5.69 Å². The molecule has 0 spiro atoms. The minimum Gasteiger partial charge on any atom is -0.338 e. The number of carbonyl (C=O) groups excluding carboxylic acids is 1. The fourth-order valence-corrected chi connectivity index (χ4v) is 3.22. The lowest BCUT2D eigenvalue weighted by atomic mass is 10.1. The van der Waals surface area contributed by atoms with Gasteiger partial charge in [0.2, 0.25) is 0 Å². The lowest BCUT2D eigenvalue weighted by Crippen LogP contribution is -2.42. The Hall–Kier alpha value is -2.30. The molecule has 2 amide bonds. The minimum atomic E-state index is -0.0324. The molecule has 2 aromatic rings. The SMILES string of the molecule is O=C(NCCc1ccc(-n2cccn2)cc1)NC1CCCCCC1.